The van der Waals surface area contributed by atoms with Crippen LogP contribution in [0.2, 0.25) is 5.02 Å². The van der Waals surface area contributed by atoms with E-state index in [2.05, 4.69) is 10.2 Å². The second-order valence-corrected chi connectivity index (χ2v) is 10.0. The molecule has 0 aliphatic carbocycles. The molecule has 2 aromatic carbocycles. The van der Waals surface area contributed by atoms with Gasteiger partial charge in [0.1, 0.15) is 17.7 Å². The normalized spacial score (nSPS) is 14.9. The molecule has 1 saturated heterocycles. The molecule has 3 aromatic rings. The Morgan fingerprint density at radius 2 is 1.97 bits per heavy atom. The number of likely N-dealkylation sites (tertiary alicyclic amines) is 1. The number of nitrogens with zero attached hydrogens (tertiary/aromatic N) is 2. The standard InChI is InChI=1S/C28H32ClF2N3O2/c1-18(2)32-27(35)17-21-14-20-15-23(36-13-3-10-34-11-8-22(30)9-12-34)5-7-26(20)33-28(21)19-4-6-25(31)24(29)16-19/h4-7,14-16,18,22H,3,8-13,17H2,1-2H3,(H,32,35). The van der Waals surface area contributed by atoms with Crippen molar-refractivity contribution in [2.45, 2.75) is 51.7 Å². The third kappa shape index (κ3) is 6.92. The first-order valence-corrected chi connectivity index (χ1v) is 12.8. The summed E-state index contributed by atoms with van der Waals surface area (Å²) in [5.41, 5.74) is 2.69. The van der Waals surface area contributed by atoms with Gasteiger partial charge in [-0.25, -0.2) is 13.8 Å². The number of hydrogen-bond acceptors (Lipinski definition) is 4. The van der Waals surface area contributed by atoms with Crippen LogP contribution in [0.15, 0.2) is 42.5 Å². The van der Waals surface area contributed by atoms with Crippen LogP contribution in [0.1, 0.15) is 38.7 Å². The molecule has 1 aromatic heterocycles. The van der Waals surface area contributed by atoms with Crippen molar-refractivity contribution in [3.8, 4) is 17.0 Å². The van der Waals surface area contributed by atoms with Gasteiger partial charge in [-0.1, -0.05) is 11.6 Å². The number of carbonyl (C=O) groups is 1. The third-order valence-corrected chi connectivity index (χ3v) is 6.55. The largest absolute Gasteiger partial charge is 0.494 e. The Hall–Kier alpha value is -2.77. The zero-order chi connectivity index (χ0) is 25.7. The van der Waals surface area contributed by atoms with Gasteiger partial charge in [0.05, 0.1) is 29.3 Å². The van der Waals surface area contributed by atoms with Gasteiger partial charge in [-0.05, 0) is 81.1 Å². The summed E-state index contributed by atoms with van der Waals surface area (Å²) in [5, 5.41) is 3.76. The molecule has 1 amide bonds. The average molecular weight is 516 g/mol. The fourth-order valence-electron chi connectivity index (χ4n) is 4.47. The lowest BCUT2D eigenvalue weighted by molar-refractivity contribution is -0.120. The molecule has 1 fully saturated rings. The summed E-state index contributed by atoms with van der Waals surface area (Å²) >= 11 is 6.03. The van der Waals surface area contributed by atoms with E-state index in [0.717, 1.165) is 48.3 Å². The van der Waals surface area contributed by atoms with Crippen molar-refractivity contribution in [3.63, 3.8) is 0 Å². The number of ether oxygens (including phenoxy) is 1. The van der Waals surface area contributed by atoms with Gasteiger partial charge < -0.3 is 15.0 Å². The number of alkyl halides is 1. The number of benzene rings is 2. The summed E-state index contributed by atoms with van der Waals surface area (Å²) < 4.78 is 33.0. The number of pyridine rings is 1. The van der Waals surface area contributed by atoms with Crippen molar-refractivity contribution >= 4 is 28.4 Å². The van der Waals surface area contributed by atoms with Crippen LogP contribution < -0.4 is 10.1 Å². The lowest BCUT2D eigenvalue weighted by atomic mass is 10.0. The number of piperidine rings is 1. The molecule has 5 nitrogen and oxygen atoms in total. The van der Waals surface area contributed by atoms with Crippen molar-refractivity contribution in [1.29, 1.82) is 0 Å². The van der Waals surface area contributed by atoms with E-state index in [-0.39, 0.29) is 23.4 Å². The minimum atomic E-state index is -0.661. The van der Waals surface area contributed by atoms with Gasteiger partial charge in [0, 0.05) is 36.6 Å². The van der Waals surface area contributed by atoms with E-state index >= 15 is 0 Å². The van der Waals surface area contributed by atoms with E-state index in [1.54, 1.807) is 6.07 Å². The van der Waals surface area contributed by atoms with Gasteiger partial charge >= 0.3 is 0 Å². The van der Waals surface area contributed by atoms with E-state index in [1.807, 2.05) is 38.1 Å². The molecule has 4 rings (SSSR count). The van der Waals surface area contributed by atoms with Gasteiger partial charge in [-0.3, -0.25) is 4.79 Å². The topological polar surface area (TPSA) is 54.5 Å². The predicted molar refractivity (Wildman–Crippen MR) is 140 cm³/mol. The van der Waals surface area contributed by atoms with E-state index in [9.17, 15) is 13.6 Å². The van der Waals surface area contributed by atoms with Gasteiger partial charge in [0.15, 0.2) is 0 Å². The molecule has 2 heterocycles. The average Bonchev–Trinajstić information content (AvgIpc) is 2.83. The van der Waals surface area contributed by atoms with Crippen LogP contribution in [0, 0.1) is 5.82 Å². The predicted octanol–water partition coefficient (Wildman–Crippen LogP) is 5.96. The maximum absolute atomic E-state index is 13.8. The van der Waals surface area contributed by atoms with Crippen LogP contribution in [0.4, 0.5) is 8.78 Å². The number of rotatable bonds is 9. The van der Waals surface area contributed by atoms with Crippen LogP contribution >= 0.6 is 11.6 Å². The zero-order valence-electron chi connectivity index (χ0n) is 20.7. The molecule has 0 spiro atoms. The maximum Gasteiger partial charge on any atom is 0.224 e. The van der Waals surface area contributed by atoms with Crippen molar-refractivity contribution in [1.82, 2.24) is 15.2 Å². The van der Waals surface area contributed by atoms with Crippen LogP contribution in [0.3, 0.4) is 0 Å². The van der Waals surface area contributed by atoms with Crippen molar-refractivity contribution < 1.29 is 18.3 Å². The Kier molecular flexibility index (Phi) is 8.75. The Bertz CT molecular complexity index is 1210. The molecule has 1 aliphatic heterocycles. The Morgan fingerprint density at radius 1 is 1.19 bits per heavy atom. The first kappa shape index (κ1) is 26.3. The van der Waals surface area contributed by atoms with E-state index in [1.165, 1.54) is 12.1 Å². The van der Waals surface area contributed by atoms with Gasteiger partial charge in [-0.2, -0.15) is 0 Å². The lowest BCUT2D eigenvalue weighted by Gasteiger charge is -2.28. The minimum Gasteiger partial charge on any atom is -0.494 e. The number of amides is 1. The Morgan fingerprint density at radius 3 is 2.69 bits per heavy atom. The third-order valence-electron chi connectivity index (χ3n) is 6.26. The smallest absolute Gasteiger partial charge is 0.224 e. The van der Waals surface area contributed by atoms with Crippen LogP contribution in [-0.2, 0) is 11.2 Å². The fraction of sp³-hybridized carbons (Fsp3) is 0.429. The summed E-state index contributed by atoms with van der Waals surface area (Å²) in [6.07, 6.45) is 1.56. The van der Waals surface area contributed by atoms with Crippen molar-refractivity contribution in [3.05, 3.63) is 58.9 Å². The van der Waals surface area contributed by atoms with Crippen LogP contribution in [-0.4, -0.2) is 54.2 Å². The summed E-state index contributed by atoms with van der Waals surface area (Å²) in [5.74, 6) is 0.0979. The summed E-state index contributed by atoms with van der Waals surface area (Å²) in [7, 11) is 0. The SMILES string of the molecule is CC(C)NC(=O)Cc1cc2cc(OCCCN3CCC(F)CC3)ccc2nc1-c1ccc(F)c(Cl)c1. The van der Waals surface area contributed by atoms with E-state index < -0.39 is 12.0 Å². The molecule has 1 aliphatic rings. The molecule has 0 radical (unpaired) electrons. The highest BCUT2D eigenvalue weighted by atomic mass is 35.5. The highest BCUT2D eigenvalue weighted by Gasteiger charge is 2.18. The Labute approximate surface area is 215 Å². The number of carbonyl (C=O) groups excluding carboxylic acids is 1. The fourth-order valence-corrected chi connectivity index (χ4v) is 4.65. The second-order valence-electron chi connectivity index (χ2n) is 9.60. The van der Waals surface area contributed by atoms with Crippen LogP contribution in [0.5, 0.6) is 5.75 Å². The van der Waals surface area contributed by atoms with E-state index in [4.69, 9.17) is 21.3 Å². The monoisotopic (exact) mass is 515 g/mol. The van der Waals surface area contributed by atoms with Gasteiger partial charge in [0.2, 0.25) is 5.91 Å². The Balaban J connectivity index is 1.52. The van der Waals surface area contributed by atoms with Crippen molar-refractivity contribution in [2.75, 3.05) is 26.2 Å². The minimum absolute atomic E-state index is 0.00444. The lowest BCUT2D eigenvalue weighted by Crippen LogP contribution is -2.35. The van der Waals surface area contributed by atoms with Crippen molar-refractivity contribution in [2.24, 2.45) is 0 Å². The molecular weight excluding hydrogens is 484 g/mol. The number of halogens is 3. The molecule has 0 saturated carbocycles. The van der Waals surface area contributed by atoms with E-state index in [0.29, 0.717) is 30.7 Å². The number of hydrogen-bond donors (Lipinski definition) is 1. The zero-order valence-corrected chi connectivity index (χ0v) is 21.5. The molecule has 36 heavy (non-hydrogen) atoms. The highest BCUT2D eigenvalue weighted by molar-refractivity contribution is 6.31. The summed E-state index contributed by atoms with van der Waals surface area (Å²) in [6, 6.07) is 12.1. The maximum atomic E-state index is 13.8. The molecule has 0 bridgehead atoms. The number of nitrogens with one attached hydrogen (secondary N) is 1. The van der Waals surface area contributed by atoms with Crippen LogP contribution in [0.25, 0.3) is 22.2 Å². The quantitative estimate of drug-likeness (QED) is 0.357. The first-order chi connectivity index (χ1) is 17.3. The summed E-state index contributed by atoms with van der Waals surface area (Å²) in [4.78, 5) is 19.7. The molecule has 0 atom stereocenters. The second kappa shape index (κ2) is 12.0. The number of aromatic nitrogens is 1. The molecule has 192 valence electrons. The molecule has 1 N–H and O–H groups in total. The molecule has 8 heteroatoms. The van der Waals surface area contributed by atoms with Gasteiger partial charge in [0.25, 0.3) is 0 Å². The first-order valence-electron chi connectivity index (χ1n) is 12.5. The molecule has 0 unspecified atom stereocenters. The molecular formula is C28H32ClF2N3O2. The van der Waals surface area contributed by atoms with Gasteiger partial charge in [-0.15, -0.1) is 0 Å². The summed E-state index contributed by atoms with van der Waals surface area (Å²) in [6.45, 7) is 6.87. The number of fused-ring (bicyclic) bond motifs is 1. The highest BCUT2D eigenvalue weighted by Crippen LogP contribution is 2.30.